The molecule has 0 saturated heterocycles. The summed E-state index contributed by atoms with van der Waals surface area (Å²) in [6.45, 7) is 1.93. The summed E-state index contributed by atoms with van der Waals surface area (Å²) in [5.41, 5.74) is 0. The molecular weight excluding hydrogens is 238 g/mol. The van der Waals surface area contributed by atoms with E-state index >= 15 is 0 Å². The van der Waals surface area contributed by atoms with E-state index in [1.54, 1.807) is 17.5 Å². The van der Waals surface area contributed by atoms with Crippen molar-refractivity contribution in [3.63, 3.8) is 0 Å². The van der Waals surface area contributed by atoms with Gasteiger partial charge in [0.25, 0.3) is 0 Å². The fourth-order valence-electron chi connectivity index (χ4n) is 0.832. The van der Waals surface area contributed by atoms with Crippen LogP contribution in [0.25, 0.3) is 0 Å². The summed E-state index contributed by atoms with van der Waals surface area (Å²) in [5.74, 6) is 0. The van der Waals surface area contributed by atoms with E-state index in [9.17, 15) is 0 Å². The molecule has 2 heterocycles. The highest BCUT2D eigenvalue weighted by atomic mass is 35.5. The minimum absolute atomic E-state index is 0.641. The first-order valence-electron chi connectivity index (χ1n) is 3.83. The van der Waals surface area contributed by atoms with E-state index < -0.39 is 0 Å². The zero-order valence-corrected chi connectivity index (χ0v) is 9.66. The Labute approximate surface area is 94.5 Å². The van der Waals surface area contributed by atoms with Gasteiger partial charge < -0.3 is 0 Å². The van der Waals surface area contributed by atoms with E-state index in [4.69, 9.17) is 11.6 Å². The summed E-state index contributed by atoms with van der Waals surface area (Å²) in [5, 5.41) is 10.4. The molecule has 0 atom stereocenters. The summed E-state index contributed by atoms with van der Waals surface area (Å²) in [6, 6.07) is 3.68. The number of halogens is 1. The van der Waals surface area contributed by atoms with Gasteiger partial charge in [0.15, 0.2) is 4.34 Å². The topological polar surface area (TPSA) is 38.7 Å². The van der Waals surface area contributed by atoms with Crippen molar-refractivity contribution < 1.29 is 0 Å². The lowest BCUT2D eigenvalue weighted by molar-refractivity contribution is 0.980. The molecule has 0 aliphatic carbocycles. The number of hydrogen-bond acceptors (Lipinski definition) is 5. The summed E-state index contributed by atoms with van der Waals surface area (Å²) < 4.78 is 0.900. The zero-order chi connectivity index (χ0) is 9.97. The lowest BCUT2D eigenvalue weighted by Gasteiger charge is -1.94. The van der Waals surface area contributed by atoms with Crippen molar-refractivity contribution >= 4 is 34.7 Å². The van der Waals surface area contributed by atoms with Crippen molar-refractivity contribution in [1.29, 1.82) is 0 Å². The number of hydrogen-bond donors (Lipinski definition) is 0. The Balaban J connectivity index is 2.15. The Morgan fingerprint density at radius 3 is 2.79 bits per heavy atom. The average molecular weight is 244 g/mol. The minimum Gasteiger partial charge on any atom is -0.248 e. The molecule has 2 rings (SSSR count). The van der Waals surface area contributed by atoms with E-state index in [0.717, 1.165) is 14.4 Å². The van der Waals surface area contributed by atoms with Crippen LogP contribution in [0, 0.1) is 6.92 Å². The van der Waals surface area contributed by atoms with Gasteiger partial charge in [-0.25, -0.2) is 4.98 Å². The Kier molecular flexibility index (Phi) is 3.00. The van der Waals surface area contributed by atoms with Gasteiger partial charge in [0.2, 0.25) is 0 Å². The second-order valence-electron chi connectivity index (χ2n) is 2.50. The molecule has 3 nitrogen and oxygen atoms in total. The van der Waals surface area contributed by atoms with E-state index in [-0.39, 0.29) is 0 Å². The molecule has 0 aromatic carbocycles. The second-order valence-corrected chi connectivity index (χ2v) is 5.39. The summed E-state index contributed by atoms with van der Waals surface area (Å²) >= 11 is 8.77. The number of rotatable bonds is 2. The fraction of sp³-hybridized carbons (Fsp3) is 0.125. The molecule has 0 spiro atoms. The molecular formula is C8H6ClN3S2. The third-order valence-corrected chi connectivity index (χ3v) is 3.46. The van der Waals surface area contributed by atoms with Gasteiger partial charge in [0.1, 0.15) is 10.0 Å². The molecule has 0 aliphatic rings. The lowest BCUT2D eigenvalue weighted by Crippen LogP contribution is -1.78. The van der Waals surface area contributed by atoms with Crippen LogP contribution in [-0.4, -0.2) is 15.2 Å². The predicted molar refractivity (Wildman–Crippen MR) is 58.0 cm³/mol. The standard InChI is InChI=1S/C8H6ClN3S2/c1-5-11-12-8(13-5)14-7-3-2-6(9)4-10-7/h2-4H,1H3. The number of nitrogens with zero attached hydrogens (tertiary/aromatic N) is 3. The normalized spacial score (nSPS) is 10.4. The second kappa shape index (κ2) is 4.25. The molecule has 6 heteroatoms. The van der Waals surface area contributed by atoms with E-state index in [2.05, 4.69) is 15.2 Å². The van der Waals surface area contributed by atoms with E-state index in [1.807, 2.05) is 19.1 Å². The van der Waals surface area contributed by atoms with Gasteiger partial charge in [-0.15, -0.1) is 10.2 Å². The smallest absolute Gasteiger partial charge is 0.180 e. The molecule has 2 aromatic heterocycles. The van der Waals surface area contributed by atoms with Gasteiger partial charge in [0, 0.05) is 6.20 Å². The molecule has 72 valence electrons. The third kappa shape index (κ3) is 2.43. The van der Waals surface area contributed by atoms with Crippen molar-refractivity contribution in [3.8, 4) is 0 Å². The highest BCUT2D eigenvalue weighted by molar-refractivity contribution is 8.01. The maximum absolute atomic E-state index is 5.72. The Bertz CT molecular complexity index is 426. The molecule has 0 saturated carbocycles. The predicted octanol–water partition coefficient (Wildman–Crippen LogP) is 3.05. The van der Waals surface area contributed by atoms with Gasteiger partial charge in [-0.05, 0) is 30.8 Å². The molecule has 0 amide bonds. The molecule has 0 N–H and O–H groups in total. The maximum Gasteiger partial charge on any atom is 0.180 e. The van der Waals surface area contributed by atoms with Gasteiger partial charge in [-0.2, -0.15) is 0 Å². The van der Waals surface area contributed by atoms with Crippen molar-refractivity contribution in [1.82, 2.24) is 15.2 Å². The average Bonchev–Trinajstić information content (AvgIpc) is 2.56. The fourth-order valence-corrected chi connectivity index (χ4v) is 2.65. The van der Waals surface area contributed by atoms with Crippen LogP contribution in [-0.2, 0) is 0 Å². The number of aryl methyl sites for hydroxylation is 1. The van der Waals surface area contributed by atoms with Crippen molar-refractivity contribution in [2.24, 2.45) is 0 Å². The van der Waals surface area contributed by atoms with Gasteiger partial charge in [-0.1, -0.05) is 22.9 Å². The van der Waals surface area contributed by atoms with E-state index in [1.165, 1.54) is 11.8 Å². The highest BCUT2D eigenvalue weighted by Crippen LogP contribution is 2.28. The SMILES string of the molecule is Cc1nnc(Sc2ccc(Cl)cn2)s1. The summed E-state index contributed by atoms with van der Waals surface area (Å²) in [6.07, 6.45) is 1.62. The molecule has 0 bridgehead atoms. The first-order valence-corrected chi connectivity index (χ1v) is 5.84. The van der Waals surface area contributed by atoms with Crippen molar-refractivity contribution in [2.45, 2.75) is 16.3 Å². The number of aromatic nitrogens is 3. The Morgan fingerprint density at radius 1 is 1.36 bits per heavy atom. The monoisotopic (exact) mass is 243 g/mol. The van der Waals surface area contributed by atoms with E-state index in [0.29, 0.717) is 5.02 Å². The zero-order valence-electron chi connectivity index (χ0n) is 7.27. The van der Waals surface area contributed by atoms with Crippen LogP contribution in [0.15, 0.2) is 27.7 Å². The number of pyridine rings is 1. The van der Waals surface area contributed by atoms with Gasteiger partial charge in [0.05, 0.1) is 5.02 Å². The lowest BCUT2D eigenvalue weighted by atomic mass is 10.5. The molecule has 0 radical (unpaired) electrons. The first kappa shape index (κ1) is 9.89. The quantitative estimate of drug-likeness (QED) is 0.813. The summed E-state index contributed by atoms with van der Waals surface area (Å²) in [7, 11) is 0. The Morgan fingerprint density at radius 2 is 2.21 bits per heavy atom. The van der Waals surface area contributed by atoms with Crippen LogP contribution in [0.1, 0.15) is 5.01 Å². The third-order valence-electron chi connectivity index (χ3n) is 1.40. The van der Waals surface area contributed by atoms with Crippen LogP contribution in [0.5, 0.6) is 0 Å². The van der Waals surface area contributed by atoms with Crippen molar-refractivity contribution in [2.75, 3.05) is 0 Å². The van der Waals surface area contributed by atoms with Crippen LogP contribution in [0.4, 0.5) is 0 Å². The maximum atomic E-state index is 5.72. The molecule has 2 aromatic rings. The van der Waals surface area contributed by atoms with Crippen LogP contribution < -0.4 is 0 Å². The van der Waals surface area contributed by atoms with Gasteiger partial charge >= 0.3 is 0 Å². The highest BCUT2D eigenvalue weighted by Gasteiger charge is 2.03. The minimum atomic E-state index is 0.641. The molecule has 14 heavy (non-hydrogen) atoms. The van der Waals surface area contributed by atoms with Crippen LogP contribution in [0.2, 0.25) is 5.02 Å². The van der Waals surface area contributed by atoms with Crippen LogP contribution in [0.3, 0.4) is 0 Å². The largest absolute Gasteiger partial charge is 0.248 e. The first-order chi connectivity index (χ1) is 6.74. The summed E-state index contributed by atoms with van der Waals surface area (Å²) in [4.78, 5) is 4.15. The van der Waals surface area contributed by atoms with Gasteiger partial charge in [-0.3, -0.25) is 0 Å². The van der Waals surface area contributed by atoms with Crippen LogP contribution >= 0.6 is 34.7 Å². The van der Waals surface area contributed by atoms with Crippen molar-refractivity contribution in [3.05, 3.63) is 28.4 Å². The molecule has 0 fully saturated rings. The molecule has 0 unspecified atom stereocenters. The Hall–Kier alpha value is -0.650. The molecule has 0 aliphatic heterocycles.